The smallest absolute Gasteiger partial charge is 0.0156 e. The summed E-state index contributed by atoms with van der Waals surface area (Å²) in [6.07, 6.45) is 12.0. The van der Waals surface area contributed by atoms with Crippen molar-refractivity contribution >= 4 is 0 Å². The van der Waals surface area contributed by atoms with Gasteiger partial charge in [0, 0.05) is 0 Å². The Balaban J connectivity index is 5.77. The van der Waals surface area contributed by atoms with E-state index in [9.17, 15) is 0 Å². The Labute approximate surface area is 100 Å². The SMILES string of the molecule is C=C/C(C)=C(\C=C/C)C(/C=C)=C(C)/C=C\C. The first kappa shape index (κ1) is 14.4. The van der Waals surface area contributed by atoms with E-state index in [0.717, 1.165) is 11.1 Å². The van der Waals surface area contributed by atoms with Crippen LogP contribution >= 0.6 is 0 Å². The fraction of sp³-hybridized carbons (Fsp3) is 0.250. The third-order valence-electron chi connectivity index (χ3n) is 2.40. The highest BCUT2D eigenvalue weighted by molar-refractivity contribution is 5.54. The fourth-order valence-corrected chi connectivity index (χ4v) is 1.53. The maximum atomic E-state index is 3.89. The van der Waals surface area contributed by atoms with Crippen LogP contribution in [0.1, 0.15) is 27.7 Å². The lowest BCUT2D eigenvalue weighted by Crippen LogP contribution is -1.90. The molecule has 0 nitrogen and oxygen atoms in total. The topological polar surface area (TPSA) is 0 Å². The van der Waals surface area contributed by atoms with E-state index < -0.39 is 0 Å². The lowest BCUT2D eigenvalue weighted by atomic mass is 9.95. The summed E-state index contributed by atoms with van der Waals surface area (Å²) in [7, 11) is 0. The highest BCUT2D eigenvalue weighted by Gasteiger charge is 2.03. The molecule has 0 fully saturated rings. The summed E-state index contributed by atoms with van der Waals surface area (Å²) in [6, 6.07) is 0. The molecule has 0 N–H and O–H groups in total. The van der Waals surface area contributed by atoms with Crippen LogP contribution in [0.25, 0.3) is 0 Å². The standard InChI is InChI=1S/C16H22/c1-7-11-14(6)15(10-4)16(12-8-2)13(5)9-3/h7-12H,3-4H2,1-2,5-6H3/b11-7-,12-8-,15-14+,16-13+. The van der Waals surface area contributed by atoms with Crippen LogP contribution in [0.3, 0.4) is 0 Å². The zero-order chi connectivity index (χ0) is 12.6. The number of hydrogen-bond acceptors (Lipinski definition) is 0. The molecule has 0 saturated heterocycles. The highest BCUT2D eigenvalue weighted by Crippen LogP contribution is 2.22. The van der Waals surface area contributed by atoms with Crippen LogP contribution in [0.15, 0.2) is 71.9 Å². The van der Waals surface area contributed by atoms with Gasteiger partial charge in [0.05, 0.1) is 0 Å². The molecule has 0 aliphatic rings. The van der Waals surface area contributed by atoms with Gasteiger partial charge in [-0.3, -0.25) is 0 Å². The average Bonchev–Trinajstić information content (AvgIpc) is 2.28. The molecule has 0 rings (SSSR count). The summed E-state index contributed by atoms with van der Waals surface area (Å²) in [5, 5.41) is 0. The molecule has 16 heavy (non-hydrogen) atoms. The molecule has 0 radical (unpaired) electrons. The van der Waals surface area contributed by atoms with Gasteiger partial charge in [0.15, 0.2) is 0 Å². The monoisotopic (exact) mass is 214 g/mol. The van der Waals surface area contributed by atoms with Crippen LogP contribution in [0.4, 0.5) is 0 Å². The zero-order valence-electron chi connectivity index (χ0n) is 10.9. The zero-order valence-corrected chi connectivity index (χ0v) is 10.9. The highest BCUT2D eigenvalue weighted by atomic mass is 14.1. The van der Waals surface area contributed by atoms with Crippen molar-refractivity contribution < 1.29 is 0 Å². The van der Waals surface area contributed by atoms with Crippen molar-refractivity contribution in [2.75, 3.05) is 0 Å². The molecule has 0 amide bonds. The molecule has 0 unspecified atom stereocenters. The van der Waals surface area contributed by atoms with Crippen LogP contribution in [0, 0.1) is 0 Å². The molecule has 0 aromatic carbocycles. The van der Waals surface area contributed by atoms with E-state index in [1.54, 1.807) is 0 Å². The minimum absolute atomic E-state index is 1.16. The quantitative estimate of drug-likeness (QED) is 0.556. The van der Waals surface area contributed by atoms with Gasteiger partial charge in [0.1, 0.15) is 0 Å². The summed E-state index contributed by atoms with van der Waals surface area (Å²) in [5.74, 6) is 0. The van der Waals surface area contributed by atoms with Crippen molar-refractivity contribution in [3.8, 4) is 0 Å². The van der Waals surface area contributed by atoms with Gasteiger partial charge in [-0.15, -0.1) is 0 Å². The second kappa shape index (κ2) is 7.70. The van der Waals surface area contributed by atoms with Crippen LogP contribution < -0.4 is 0 Å². The molecule has 0 aromatic heterocycles. The minimum atomic E-state index is 1.16. The van der Waals surface area contributed by atoms with Crippen LogP contribution in [-0.4, -0.2) is 0 Å². The average molecular weight is 214 g/mol. The fourth-order valence-electron chi connectivity index (χ4n) is 1.53. The van der Waals surface area contributed by atoms with Crippen molar-refractivity contribution in [2.24, 2.45) is 0 Å². The van der Waals surface area contributed by atoms with Crippen LogP contribution in [0.5, 0.6) is 0 Å². The Bertz CT molecular complexity index is 371. The molecular formula is C16H22. The Hall–Kier alpha value is -1.56. The first-order chi connectivity index (χ1) is 7.62. The van der Waals surface area contributed by atoms with Crippen molar-refractivity contribution in [1.82, 2.24) is 0 Å². The van der Waals surface area contributed by atoms with Crippen molar-refractivity contribution in [1.29, 1.82) is 0 Å². The molecule has 0 atom stereocenters. The summed E-state index contributed by atoms with van der Waals surface area (Å²) < 4.78 is 0. The van der Waals surface area contributed by atoms with Gasteiger partial charge in [-0.25, -0.2) is 0 Å². The van der Waals surface area contributed by atoms with E-state index in [1.165, 1.54) is 11.1 Å². The van der Waals surface area contributed by atoms with Gasteiger partial charge in [-0.1, -0.05) is 49.6 Å². The Morgan fingerprint density at radius 3 is 1.69 bits per heavy atom. The van der Waals surface area contributed by atoms with Gasteiger partial charge in [0.25, 0.3) is 0 Å². The summed E-state index contributed by atoms with van der Waals surface area (Å²) in [5.41, 5.74) is 4.72. The van der Waals surface area contributed by atoms with Gasteiger partial charge in [0.2, 0.25) is 0 Å². The molecule has 0 heteroatoms. The second-order valence-corrected chi connectivity index (χ2v) is 3.60. The van der Waals surface area contributed by atoms with Crippen LogP contribution in [-0.2, 0) is 0 Å². The molecule has 0 aromatic rings. The van der Waals surface area contributed by atoms with E-state index in [1.807, 2.05) is 38.2 Å². The molecule has 0 saturated carbocycles. The van der Waals surface area contributed by atoms with E-state index in [4.69, 9.17) is 0 Å². The van der Waals surface area contributed by atoms with Crippen LogP contribution in [0.2, 0.25) is 0 Å². The molecular weight excluding hydrogens is 192 g/mol. The number of allylic oxidation sites excluding steroid dienone is 10. The lowest BCUT2D eigenvalue weighted by Gasteiger charge is -2.09. The first-order valence-electron chi connectivity index (χ1n) is 5.54. The molecule has 0 aliphatic heterocycles. The molecule has 86 valence electrons. The molecule has 0 spiro atoms. The summed E-state index contributed by atoms with van der Waals surface area (Å²) in [4.78, 5) is 0. The Kier molecular flexibility index (Phi) is 6.95. The first-order valence-corrected chi connectivity index (χ1v) is 5.54. The van der Waals surface area contributed by atoms with Gasteiger partial charge < -0.3 is 0 Å². The van der Waals surface area contributed by atoms with E-state index in [-0.39, 0.29) is 0 Å². The van der Waals surface area contributed by atoms with Gasteiger partial charge >= 0.3 is 0 Å². The van der Waals surface area contributed by atoms with E-state index in [2.05, 4.69) is 39.2 Å². The number of rotatable bonds is 5. The van der Waals surface area contributed by atoms with E-state index >= 15 is 0 Å². The minimum Gasteiger partial charge on any atom is -0.0988 e. The van der Waals surface area contributed by atoms with Crippen molar-refractivity contribution in [2.45, 2.75) is 27.7 Å². The molecule has 0 bridgehead atoms. The predicted octanol–water partition coefficient (Wildman–Crippen LogP) is 5.14. The maximum absolute atomic E-state index is 3.89. The third kappa shape index (κ3) is 3.90. The third-order valence-corrected chi connectivity index (χ3v) is 2.40. The number of hydrogen-bond donors (Lipinski definition) is 0. The Morgan fingerprint density at radius 1 is 0.750 bits per heavy atom. The normalized spacial score (nSPS) is 15.0. The van der Waals surface area contributed by atoms with Gasteiger partial charge in [-0.2, -0.15) is 0 Å². The predicted molar refractivity (Wildman–Crippen MR) is 75.4 cm³/mol. The molecule has 0 aliphatic carbocycles. The van der Waals surface area contributed by atoms with Crippen molar-refractivity contribution in [3.05, 3.63) is 71.9 Å². The maximum Gasteiger partial charge on any atom is -0.0156 e. The second-order valence-electron chi connectivity index (χ2n) is 3.60. The van der Waals surface area contributed by atoms with Crippen molar-refractivity contribution in [3.63, 3.8) is 0 Å². The lowest BCUT2D eigenvalue weighted by molar-refractivity contribution is 1.34. The molecule has 0 heterocycles. The van der Waals surface area contributed by atoms with E-state index in [0.29, 0.717) is 0 Å². The Morgan fingerprint density at radius 2 is 1.31 bits per heavy atom. The summed E-state index contributed by atoms with van der Waals surface area (Å²) in [6.45, 7) is 15.9. The largest absolute Gasteiger partial charge is 0.0988 e. The summed E-state index contributed by atoms with van der Waals surface area (Å²) >= 11 is 0. The van der Waals surface area contributed by atoms with Gasteiger partial charge in [-0.05, 0) is 50.0 Å².